The molecule has 0 aliphatic carbocycles. The lowest BCUT2D eigenvalue weighted by molar-refractivity contribution is -0.305. The number of carbonyl (C=O) groups excluding carboxylic acids is 1. The first-order valence-electron chi connectivity index (χ1n) is 27.1. The first-order valence-corrected chi connectivity index (χ1v) is 27.1. The van der Waals surface area contributed by atoms with Crippen molar-refractivity contribution in [3.8, 4) is 0 Å². The molecule has 9 nitrogen and oxygen atoms in total. The lowest BCUT2D eigenvalue weighted by Gasteiger charge is -2.39. The summed E-state index contributed by atoms with van der Waals surface area (Å²) in [6.45, 7) is 4.64. The summed E-state index contributed by atoms with van der Waals surface area (Å²) in [5, 5.41) is 40.3. The van der Waals surface area contributed by atoms with E-state index in [4.69, 9.17) is 18.9 Å². The highest BCUT2D eigenvalue weighted by atomic mass is 16.7. The van der Waals surface area contributed by atoms with Gasteiger partial charge in [0.2, 0.25) is 0 Å². The fourth-order valence-corrected chi connectivity index (χ4v) is 8.79. The quantitative estimate of drug-likeness (QED) is 0.0348. The molecule has 1 saturated heterocycles. The van der Waals surface area contributed by atoms with Gasteiger partial charge in [0.05, 0.1) is 19.8 Å². The van der Waals surface area contributed by atoms with Crippen LogP contribution in [0.5, 0.6) is 0 Å². The third kappa shape index (κ3) is 35.5. The van der Waals surface area contributed by atoms with Gasteiger partial charge in [0, 0.05) is 13.0 Å². The zero-order chi connectivity index (χ0) is 45.0. The van der Waals surface area contributed by atoms with Crippen molar-refractivity contribution in [2.24, 2.45) is 0 Å². The van der Waals surface area contributed by atoms with Crippen molar-refractivity contribution in [2.45, 2.75) is 307 Å². The minimum atomic E-state index is -1.53. The third-order valence-corrected chi connectivity index (χ3v) is 13.0. The van der Waals surface area contributed by atoms with E-state index in [0.717, 1.165) is 32.1 Å². The van der Waals surface area contributed by atoms with Crippen LogP contribution >= 0.6 is 0 Å². The van der Waals surface area contributed by atoms with Crippen molar-refractivity contribution in [1.82, 2.24) is 0 Å². The van der Waals surface area contributed by atoms with Gasteiger partial charge in [-0.3, -0.25) is 4.79 Å². The highest BCUT2D eigenvalue weighted by Gasteiger charge is 2.44. The Kier molecular flexibility index (Phi) is 43.3. The second-order valence-electron chi connectivity index (χ2n) is 19.0. The number of rotatable bonds is 48. The van der Waals surface area contributed by atoms with Crippen LogP contribution in [0.2, 0.25) is 0 Å². The molecule has 1 aliphatic heterocycles. The zero-order valence-electron chi connectivity index (χ0n) is 40.9. The Balaban J connectivity index is 2.16. The lowest BCUT2D eigenvalue weighted by Crippen LogP contribution is -2.59. The number of hydrogen-bond acceptors (Lipinski definition) is 9. The molecule has 62 heavy (non-hydrogen) atoms. The van der Waals surface area contributed by atoms with Gasteiger partial charge >= 0.3 is 5.97 Å². The molecule has 370 valence electrons. The zero-order valence-corrected chi connectivity index (χ0v) is 40.9. The summed E-state index contributed by atoms with van der Waals surface area (Å²) < 4.78 is 22.9. The van der Waals surface area contributed by atoms with Gasteiger partial charge < -0.3 is 39.4 Å². The Bertz CT molecular complexity index is 920. The SMILES string of the molecule is CCCCCCCCCCCCCCCCCCCCCCC(=O)OC(COCCCCCCCCCCCCCCCCCCCCC)COC1OC(CO)C(O)C(O)C1O. The fourth-order valence-electron chi connectivity index (χ4n) is 8.79. The first-order chi connectivity index (χ1) is 30.4. The van der Waals surface area contributed by atoms with Crippen LogP contribution in [0.4, 0.5) is 0 Å². The minimum Gasteiger partial charge on any atom is -0.457 e. The summed E-state index contributed by atoms with van der Waals surface area (Å²) in [5.74, 6) is -0.304. The Morgan fingerprint density at radius 2 is 0.790 bits per heavy atom. The summed E-state index contributed by atoms with van der Waals surface area (Å²) >= 11 is 0. The molecule has 0 spiro atoms. The van der Waals surface area contributed by atoms with E-state index in [2.05, 4.69) is 13.8 Å². The van der Waals surface area contributed by atoms with Gasteiger partial charge in [0.15, 0.2) is 6.29 Å². The maximum Gasteiger partial charge on any atom is 0.306 e. The van der Waals surface area contributed by atoms with E-state index in [-0.39, 0.29) is 19.2 Å². The number of unbranched alkanes of at least 4 members (excludes halogenated alkanes) is 37. The van der Waals surface area contributed by atoms with Crippen molar-refractivity contribution in [1.29, 1.82) is 0 Å². The molecule has 0 aromatic rings. The average Bonchev–Trinajstić information content (AvgIpc) is 3.27. The van der Waals surface area contributed by atoms with Crippen molar-refractivity contribution in [2.75, 3.05) is 26.4 Å². The van der Waals surface area contributed by atoms with E-state index in [1.54, 1.807) is 0 Å². The highest BCUT2D eigenvalue weighted by Crippen LogP contribution is 2.23. The topological polar surface area (TPSA) is 135 Å². The molecule has 0 aromatic heterocycles. The number of aliphatic hydroxyl groups excluding tert-OH is 4. The largest absolute Gasteiger partial charge is 0.457 e. The van der Waals surface area contributed by atoms with Gasteiger partial charge in [0.1, 0.15) is 30.5 Å². The van der Waals surface area contributed by atoms with Gasteiger partial charge in [-0.05, 0) is 12.8 Å². The van der Waals surface area contributed by atoms with Crippen LogP contribution in [0.3, 0.4) is 0 Å². The highest BCUT2D eigenvalue weighted by molar-refractivity contribution is 5.69. The molecule has 0 aromatic carbocycles. The molecular weight excluding hydrogens is 781 g/mol. The standard InChI is InChI=1S/C53H104O9/c1-3-5-7-9-11-13-15-17-19-21-23-24-26-28-30-32-34-36-38-40-42-49(55)61-47(46-60-53-52(58)51(57)50(56)48(44-54)62-53)45-59-43-41-39-37-35-33-31-29-27-25-22-20-18-16-14-12-10-8-6-4-2/h47-48,50-54,56-58H,3-46H2,1-2H3. The fraction of sp³-hybridized carbons (Fsp3) is 0.981. The molecule has 1 fully saturated rings. The van der Waals surface area contributed by atoms with Crippen LogP contribution in [0, 0.1) is 0 Å². The summed E-state index contributed by atoms with van der Waals surface area (Å²) in [5.41, 5.74) is 0. The van der Waals surface area contributed by atoms with E-state index in [1.807, 2.05) is 0 Å². The lowest BCUT2D eigenvalue weighted by atomic mass is 9.99. The molecule has 1 heterocycles. The van der Waals surface area contributed by atoms with Gasteiger partial charge in [0.25, 0.3) is 0 Å². The van der Waals surface area contributed by atoms with E-state index >= 15 is 0 Å². The second kappa shape index (κ2) is 45.4. The number of carbonyl (C=O) groups is 1. The van der Waals surface area contributed by atoms with Crippen LogP contribution in [0.15, 0.2) is 0 Å². The molecule has 4 N–H and O–H groups in total. The maximum absolute atomic E-state index is 12.9. The maximum atomic E-state index is 12.9. The minimum absolute atomic E-state index is 0.104. The molecule has 0 amide bonds. The third-order valence-electron chi connectivity index (χ3n) is 13.0. The summed E-state index contributed by atoms with van der Waals surface area (Å²) in [4.78, 5) is 12.9. The molecule has 0 saturated carbocycles. The van der Waals surface area contributed by atoms with Crippen LogP contribution < -0.4 is 0 Å². The Hall–Kier alpha value is -0.810. The predicted molar refractivity (Wildman–Crippen MR) is 256 cm³/mol. The average molecular weight is 885 g/mol. The van der Waals surface area contributed by atoms with E-state index < -0.39 is 43.4 Å². The van der Waals surface area contributed by atoms with Gasteiger partial charge in [-0.2, -0.15) is 0 Å². The molecule has 1 aliphatic rings. The van der Waals surface area contributed by atoms with E-state index in [1.165, 1.54) is 218 Å². The first kappa shape index (κ1) is 59.2. The number of ether oxygens (including phenoxy) is 4. The van der Waals surface area contributed by atoms with Crippen molar-refractivity contribution in [3.63, 3.8) is 0 Å². The molecule has 6 unspecified atom stereocenters. The van der Waals surface area contributed by atoms with Crippen LogP contribution in [0.1, 0.15) is 271 Å². The molecule has 6 atom stereocenters. The Labute approximate surface area is 383 Å². The van der Waals surface area contributed by atoms with Gasteiger partial charge in [-0.1, -0.05) is 251 Å². The normalized spacial score (nSPS) is 19.6. The molecular formula is C53H104O9. The molecule has 0 radical (unpaired) electrons. The number of aliphatic hydroxyl groups is 4. The molecule has 1 rings (SSSR count). The van der Waals surface area contributed by atoms with E-state index in [0.29, 0.717) is 13.0 Å². The Morgan fingerprint density at radius 1 is 0.452 bits per heavy atom. The summed E-state index contributed by atoms with van der Waals surface area (Å²) in [6, 6.07) is 0. The van der Waals surface area contributed by atoms with Gasteiger partial charge in [-0.25, -0.2) is 0 Å². The number of esters is 1. The van der Waals surface area contributed by atoms with Crippen molar-refractivity contribution < 1.29 is 44.2 Å². The smallest absolute Gasteiger partial charge is 0.306 e. The second-order valence-corrected chi connectivity index (χ2v) is 19.0. The summed E-state index contributed by atoms with van der Waals surface area (Å²) in [7, 11) is 0. The molecule has 9 heteroatoms. The predicted octanol–water partition coefficient (Wildman–Crippen LogP) is 13.4. The van der Waals surface area contributed by atoms with Crippen LogP contribution in [-0.2, 0) is 23.7 Å². The van der Waals surface area contributed by atoms with E-state index in [9.17, 15) is 25.2 Å². The van der Waals surface area contributed by atoms with Crippen LogP contribution in [-0.4, -0.2) is 89.6 Å². The Morgan fingerprint density at radius 3 is 1.15 bits per heavy atom. The monoisotopic (exact) mass is 885 g/mol. The molecule has 0 bridgehead atoms. The number of hydrogen-bond donors (Lipinski definition) is 4. The summed E-state index contributed by atoms with van der Waals surface area (Å²) in [6.07, 6.45) is 44.3. The van der Waals surface area contributed by atoms with Gasteiger partial charge in [-0.15, -0.1) is 0 Å². The van der Waals surface area contributed by atoms with Crippen LogP contribution in [0.25, 0.3) is 0 Å². The van der Waals surface area contributed by atoms with Crippen molar-refractivity contribution in [3.05, 3.63) is 0 Å². The van der Waals surface area contributed by atoms with Crippen molar-refractivity contribution >= 4 is 5.97 Å².